The number of aliphatic hydroxyl groups is 1. The van der Waals surface area contributed by atoms with Crippen molar-refractivity contribution in [2.45, 2.75) is 38.0 Å². The SMILES string of the molecule is Cc1ccc(C(O)C2CN3CCCC3CO2)cc1. The van der Waals surface area contributed by atoms with Gasteiger partial charge >= 0.3 is 0 Å². The van der Waals surface area contributed by atoms with Crippen molar-refractivity contribution in [3.63, 3.8) is 0 Å². The Kier molecular flexibility index (Phi) is 3.37. The maximum Gasteiger partial charge on any atom is 0.106 e. The fraction of sp³-hybridized carbons (Fsp3) is 0.600. The molecule has 1 aromatic rings. The third kappa shape index (κ3) is 2.30. The maximum atomic E-state index is 10.4. The Morgan fingerprint density at radius 3 is 2.89 bits per heavy atom. The van der Waals surface area contributed by atoms with Crippen molar-refractivity contribution in [2.24, 2.45) is 0 Å². The lowest BCUT2D eigenvalue weighted by Gasteiger charge is -2.37. The molecule has 3 heteroatoms. The van der Waals surface area contributed by atoms with Crippen LogP contribution in [0.25, 0.3) is 0 Å². The molecule has 3 atom stereocenters. The van der Waals surface area contributed by atoms with E-state index in [0.717, 1.165) is 25.3 Å². The van der Waals surface area contributed by atoms with E-state index in [4.69, 9.17) is 4.74 Å². The van der Waals surface area contributed by atoms with Crippen molar-refractivity contribution in [2.75, 3.05) is 19.7 Å². The quantitative estimate of drug-likeness (QED) is 0.866. The van der Waals surface area contributed by atoms with Gasteiger partial charge in [-0.3, -0.25) is 4.90 Å². The minimum absolute atomic E-state index is 0.0814. The van der Waals surface area contributed by atoms with E-state index < -0.39 is 6.10 Å². The Morgan fingerprint density at radius 1 is 1.33 bits per heavy atom. The topological polar surface area (TPSA) is 32.7 Å². The highest BCUT2D eigenvalue weighted by Gasteiger charge is 2.35. The number of aryl methyl sites for hydroxylation is 1. The number of aliphatic hydroxyl groups excluding tert-OH is 1. The molecular formula is C15H21NO2. The lowest BCUT2D eigenvalue weighted by Crippen LogP contribution is -2.48. The van der Waals surface area contributed by atoms with Crippen LogP contribution < -0.4 is 0 Å². The second kappa shape index (κ2) is 5.00. The van der Waals surface area contributed by atoms with Crippen LogP contribution in [0.3, 0.4) is 0 Å². The van der Waals surface area contributed by atoms with Gasteiger partial charge < -0.3 is 9.84 Å². The summed E-state index contributed by atoms with van der Waals surface area (Å²) in [5, 5.41) is 10.4. The Bertz CT molecular complexity index is 403. The first kappa shape index (κ1) is 12.2. The van der Waals surface area contributed by atoms with E-state index in [1.807, 2.05) is 24.3 Å². The van der Waals surface area contributed by atoms with Gasteiger partial charge in [0.05, 0.1) is 6.61 Å². The Morgan fingerprint density at radius 2 is 2.11 bits per heavy atom. The van der Waals surface area contributed by atoms with Crippen molar-refractivity contribution >= 4 is 0 Å². The van der Waals surface area contributed by atoms with Crippen LogP contribution in [0.2, 0.25) is 0 Å². The van der Waals surface area contributed by atoms with Gasteiger partial charge in [-0.25, -0.2) is 0 Å². The van der Waals surface area contributed by atoms with E-state index in [2.05, 4.69) is 11.8 Å². The molecule has 2 aliphatic rings. The van der Waals surface area contributed by atoms with E-state index in [1.165, 1.54) is 18.4 Å². The van der Waals surface area contributed by atoms with Crippen LogP contribution in [0, 0.1) is 6.92 Å². The first-order valence-corrected chi connectivity index (χ1v) is 6.84. The van der Waals surface area contributed by atoms with Crippen LogP contribution >= 0.6 is 0 Å². The van der Waals surface area contributed by atoms with Crippen LogP contribution in [-0.2, 0) is 4.74 Å². The molecule has 1 aromatic carbocycles. The zero-order chi connectivity index (χ0) is 12.5. The third-order valence-electron chi connectivity index (χ3n) is 4.19. The predicted molar refractivity (Wildman–Crippen MR) is 70.5 cm³/mol. The van der Waals surface area contributed by atoms with Crippen molar-refractivity contribution in [1.82, 2.24) is 4.90 Å². The summed E-state index contributed by atoms with van der Waals surface area (Å²) in [7, 11) is 0. The number of rotatable bonds is 2. The van der Waals surface area contributed by atoms with Crippen LogP contribution in [0.5, 0.6) is 0 Å². The normalized spacial score (nSPS) is 30.1. The molecule has 1 N–H and O–H groups in total. The molecule has 98 valence electrons. The van der Waals surface area contributed by atoms with Gasteiger partial charge in [-0.15, -0.1) is 0 Å². The molecule has 0 bridgehead atoms. The molecule has 2 aliphatic heterocycles. The van der Waals surface area contributed by atoms with Gasteiger partial charge in [0.1, 0.15) is 12.2 Å². The lowest BCUT2D eigenvalue weighted by atomic mass is 10.0. The third-order valence-corrected chi connectivity index (χ3v) is 4.19. The molecule has 2 heterocycles. The number of hydrogen-bond donors (Lipinski definition) is 1. The van der Waals surface area contributed by atoms with E-state index in [-0.39, 0.29) is 6.10 Å². The van der Waals surface area contributed by atoms with Crippen molar-refractivity contribution in [3.05, 3.63) is 35.4 Å². The standard InChI is InChI=1S/C15H21NO2/c1-11-4-6-12(7-5-11)15(17)14-9-16-8-2-3-13(16)10-18-14/h4-7,13-15,17H,2-3,8-10H2,1H3. The van der Waals surface area contributed by atoms with Crippen LogP contribution in [0.4, 0.5) is 0 Å². The van der Waals surface area contributed by atoms with Crippen molar-refractivity contribution in [1.29, 1.82) is 0 Å². The summed E-state index contributed by atoms with van der Waals surface area (Å²) in [6, 6.07) is 8.67. The fourth-order valence-electron chi connectivity index (χ4n) is 3.01. The molecule has 0 radical (unpaired) electrons. The molecule has 3 nitrogen and oxygen atoms in total. The molecular weight excluding hydrogens is 226 g/mol. The number of ether oxygens (including phenoxy) is 1. The summed E-state index contributed by atoms with van der Waals surface area (Å²) in [6.45, 7) is 4.85. The highest BCUT2D eigenvalue weighted by atomic mass is 16.5. The second-order valence-electron chi connectivity index (χ2n) is 5.52. The highest BCUT2D eigenvalue weighted by molar-refractivity contribution is 5.24. The van der Waals surface area contributed by atoms with Crippen LogP contribution in [0.1, 0.15) is 30.1 Å². The van der Waals surface area contributed by atoms with E-state index in [9.17, 15) is 5.11 Å². The van der Waals surface area contributed by atoms with Crippen LogP contribution in [0.15, 0.2) is 24.3 Å². The zero-order valence-electron chi connectivity index (χ0n) is 10.9. The molecule has 0 amide bonds. The molecule has 2 fully saturated rings. The number of benzene rings is 1. The maximum absolute atomic E-state index is 10.4. The Labute approximate surface area is 108 Å². The summed E-state index contributed by atoms with van der Waals surface area (Å²) in [5.74, 6) is 0. The molecule has 0 aromatic heterocycles. The summed E-state index contributed by atoms with van der Waals surface area (Å²) >= 11 is 0. The summed E-state index contributed by atoms with van der Waals surface area (Å²) in [4.78, 5) is 2.46. The molecule has 18 heavy (non-hydrogen) atoms. The lowest BCUT2D eigenvalue weighted by molar-refractivity contribution is -0.103. The Hall–Kier alpha value is -0.900. The van der Waals surface area contributed by atoms with Gasteiger partial charge in [0, 0.05) is 12.6 Å². The van der Waals surface area contributed by atoms with Crippen LogP contribution in [-0.4, -0.2) is 41.8 Å². The summed E-state index contributed by atoms with van der Waals surface area (Å²) in [5.41, 5.74) is 2.18. The number of hydrogen-bond acceptors (Lipinski definition) is 3. The number of fused-ring (bicyclic) bond motifs is 1. The highest BCUT2D eigenvalue weighted by Crippen LogP contribution is 2.28. The molecule has 3 unspecified atom stereocenters. The van der Waals surface area contributed by atoms with Gasteiger partial charge in [0.15, 0.2) is 0 Å². The number of morpholine rings is 1. The first-order chi connectivity index (χ1) is 8.74. The molecule has 0 aliphatic carbocycles. The van der Waals surface area contributed by atoms with E-state index >= 15 is 0 Å². The number of nitrogens with zero attached hydrogens (tertiary/aromatic N) is 1. The van der Waals surface area contributed by atoms with Crippen molar-refractivity contribution < 1.29 is 9.84 Å². The Balaban J connectivity index is 1.69. The average Bonchev–Trinajstić information content (AvgIpc) is 2.86. The second-order valence-corrected chi connectivity index (χ2v) is 5.52. The van der Waals surface area contributed by atoms with E-state index in [1.54, 1.807) is 0 Å². The molecule has 0 spiro atoms. The van der Waals surface area contributed by atoms with Gasteiger partial charge in [-0.05, 0) is 31.9 Å². The van der Waals surface area contributed by atoms with E-state index in [0.29, 0.717) is 6.04 Å². The summed E-state index contributed by atoms with van der Waals surface area (Å²) in [6.07, 6.45) is 1.92. The minimum atomic E-state index is -0.507. The molecule has 2 saturated heterocycles. The minimum Gasteiger partial charge on any atom is -0.386 e. The van der Waals surface area contributed by atoms with Gasteiger partial charge in [-0.2, -0.15) is 0 Å². The first-order valence-electron chi connectivity index (χ1n) is 6.84. The summed E-state index contributed by atoms with van der Waals surface area (Å²) < 4.78 is 5.85. The van der Waals surface area contributed by atoms with Gasteiger partial charge in [0.25, 0.3) is 0 Å². The smallest absolute Gasteiger partial charge is 0.106 e. The monoisotopic (exact) mass is 247 g/mol. The zero-order valence-corrected chi connectivity index (χ0v) is 10.9. The largest absolute Gasteiger partial charge is 0.386 e. The fourth-order valence-corrected chi connectivity index (χ4v) is 3.01. The molecule has 3 rings (SSSR count). The van der Waals surface area contributed by atoms with Crippen molar-refractivity contribution in [3.8, 4) is 0 Å². The van der Waals surface area contributed by atoms with Gasteiger partial charge in [-0.1, -0.05) is 29.8 Å². The van der Waals surface area contributed by atoms with Gasteiger partial charge in [0.2, 0.25) is 0 Å². The predicted octanol–water partition coefficient (Wildman–Crippen LogP) is 1.89. The average molecular weight is 247 g/mol. The molecule has 0 saturated carbocycles.